The Hall–Kier alpha value is -1.43. The topological polar surface area (TPSA) is 58.2 Å². The minimum atomic E-state index is -0.475. The molecule has 1 aromatic rings. The number of amides is 2. The molecule has 4 nitrogen and oxygen atoms in total. The summed E-state index contributed by atoms with van der Waals surface area (Å²) in [5, 5.41) is 5.42. The maximum absolute atomic E-state index is 13.2. The summed E-state index contributed by atoms with van der Waals surface area (Å²) in [7, 11) is 0. The molecule has 0 saturated carbocycles. The van der Waals surface area contributed by atoms with Crippen molar-refractivity contribution in [3.05, 3.63) is 34.1 Å². The van der Waals surface area contributed by atoms with Crippen molar-refractivity contribution in [2.45, 2.75) is 18.9 Å². The molecular formula is C12H12BrFN2O2. The van der Waals surface area contributed by atoms with Gasteiger partial charge >= 0.3 is 0 Å². The molecule has 6 heteroatoms. The van der Waals surface area contributed by atoms with Crippen LogP contribution >= 0.6 is 15.9 Å². The SMILES string of the molecule is O=C1CCC(CNC(=O)c2ccc(Br)c(F)c2)N1. The fraction of sp³-hybridized carbons (Fsp3) is 0.333. The summed E-state index contributed by atoms with van der Waals surface area (Å²) in [5.74, 6) is -0.816. The Balaban J connectivity index is 1.91. The number of nitrogens with one attached hydrogen (secondary N) is 2. The van der Waals surface area contributed by atoms with Crippen LogP contribution in [0.5, 0.6) is 0 Å². The quantitative estimate of drug-likeness (QED) is 0.890. The minimum absolute atomic E-state index is 0.00364. The highest BCUT2D eigenvalue weighted by atomic mass is 79.9. The maximum atomic E-state index is 13.2. The van der Waals surface area contributed by atoms with Crippen LogP contribution in [0.2, 0.25) is 0 Å². The van der Waals surface area contributed by atoms with E-state index in [0.717, 1.165) is 0 Å². The summed E-state index contributed by atoms with van der Waals surface area (Å²) in [5.41, 5.74) is 0.264. The van der Waals surface area contributed by atoms with E-state index in [0.29, 0.717) is 23.9 Å². The summed E-state index contributed by atoms with van der Waals surface area (Å²) >= 11 is 3.02. The Morgan fingerprint density at radius 1 is 1.56 bits per heavy atom. The van der Waals surface area contributed by atoms with Gasteiger partial charge < -0.3 is 10.6 Å². The van der Waals surface area contributed by atoms with Gasteiger partial charge in [-0.1, -0.05) is 0 Å². The molecule has 1 fully saturated rings. The monoisotopic (exact) mass is 314 g/mol. The molecule has 96 valence electrons. The molecule has 1 aromatic carbocycles. The van der Waals surface area contributed by atoms with E-state index in [-0.39, 0.29) is 23.4 Å². The van der Waals surface area contributed by atoms with Crippen LogP contribution in [0.25, 0.3) is 0 Å². The Labute approximate surface area is 112 Å². The van der Waals surface area contributed by atoms with E-state index in [9.17, 15) is 14.0 Å². The first-order valence-electron chi connectivity index (χ1n) is 5.59. The van der Waals surface area contributed by atoms with Crippen molar-refractivity contribution < 1.29 is 14.0 Å². The molecule has 1 saturated heterocycles. The van der Waals surface area contributed by atoms with E-state index in [2.05, 4.69) is 26.6 Å². The Bertz CT molecular complexity index is 493. The first-order chi connectivity index (χ1) is 8.56. The highest BCUT2D eigenvalue weighted by molar-refractivity contribution is 9.10. The third-order valence-corrected chi connectivity index (χ3v) is 3.42. The molecule has 1 atom stereocenters. The minimum Gasteiger partial charge on any atom is -0.352 e. The Kier molecular flexibility index (Phi) is 3.96. The van der Waals surface area contributed by atoms with E-state index in [1.54, 1.807) is 0 Å². The molecular weight excluding hydrogens is 303 g/mol. The van der Waals surface area contributed by atoms with E-state index in [4.69, 9.17) is 0 Å². The van der Waals surface area contributed by atoms with Crippen molar-refractivity contribution in [1.82, 2.24) is 10.6 Å². The van der Waals surface area contributed by atoms with Gasteiger partial charge in [-0.15, -0.1) is 0 Å². The highest BCUT2D eigenvalue weighted by Gasteiger charge is 2.21. The van der Waals surface area contributed by atoms with Crippen LogP contribution in [-0.2, 0) is 4.79 Å². The predicted molar refractivity (Wildman–Crippen MR) is 67.6 cm³/mol. The third-order valence-electron chi connectivity index (χ3n) is 2.78. The van der Waals surface area contributed by atoms with Crippen molar-refractivity contribution in [2.24, 2.45) is 0 Å². The number of carbonyl (C=O) groups excluding carboxylic acids is 2. The lowest BCUT2D eigenvalue weighted by Crippen LogP contribution is -2.38. The fourth-order valence-electron chi connectivity index (χ4n) is 1.79. The molecule has 0 aromatic heterocycles. The first kappa shape index (κ1) is 13.0. The normalized spacial score (nSPS) is 18.6. The van der Waals surface area contributed by atoms with Crippen molar-refractivity contribution in [2.75, 3.05) is 6.54 Å². The lowest BCUT2D eigenvalue weighted by Gasteiger charge is -2.11. The lowest BCUT2D eigenvalue weighted by atomic mass is 10.2. The van der Waals surface area contributed by atoms with Crippen LogP contribution in [0.15, 0.2) is 22.7 Å². The van der Waals surface area contributed by atoms with Gasteiger partial charge in [-0.3, -0.25) is 9.59 Å². The number of hydrogen-bond acceptors (Lipinski definition) is 2. The lowest BCUT2D eigenvalue weighted by molar-refractivity contribution is -0.119. The maximum Gasteiger partial charge on any atom is 0.251 e. The molecule has 0 radical (unpaired) electrons. The number of hydrogen-bond donors (Lipinski definition) is 2. The van der Waals surface area contributed by atoms with Crippen molar-refractivity contribution >= 4 is 27.7 Å². The van der Waals surface area contributed by atoms with E-state index < -0.39 is 5.82 Å². The zero-order valence-electron chi connectivity index (χ0n) is 9.50. The molecule has 0 bridgehead atoms. The van der Waals surface area contributed by atoms with Crippen LogP contribution < -0.4 is 10.6 Å². The number of halogens is 2. The molecule has 0 spiro atoms. The summed E-state index contributed by atoms with van der Waals surface area (Å²) in [4.78, 5) is 22.7. The van der Waals surface area contributed by atoms with E-state index in [1.807, 2.05) is 0 Å². The molecule has 2 amide bonds. The number of benzene rings is 1. The van der Waals surface area contributed by atoms with Crippen molar-refractivity contribution in [3.63, 3.8) is 0 Å². The molecule has 1 aliphatic rings. The second-order valence-electron chi connectivity index (χ2n) is 4.14. The van der Waals surface area contributed by atoms with Gasteiger partial charge in [0.15, 0.2) is 0 Å². The second kappa shape index (κ2) is 5.48. The van der Waals surface area contributed by atoms with Crippen LogP contribution in [0.3, 0.4) is 0 Å². The smallest absolute Gasteiger partial charge is 0.251 e. The van der Waals surface area contributed by atoms with Gasteiger partial charge in [-0.2, -0.15) is 0 Å². The molecule has 2 N–H and O–H groups in total. The zero-order valence-corrected chi connectivity index (χ0v) is 11.1. The van der Waals surface area contributed by atoms with Crippen LogP contribution in [-0.4, -0.2) is 24.4 Å². The molecule has 1 unspecified atom stereocenters. The summed E-state index contributed by atoms with van der Waals surface area (Å²) in [6, 6.07) is 4.17. The van der Waals surface area contributed by atoms with Gasteiger partial charge in [0.25, 0.3) is 5.91 Å². The standard InChI is InChI=1S/C12H12BrFN2O2/c13-9-3-1-7(5-10(9)14)12(18)15-6-8-2-4-11(17)16-8/h1,3,5,8H,2,4,6H2,(H,15,18)(H,16,17). The molecule has 2 rings (SSSR count). The van der Waals surface area contributed by atoms with Crippen molar-refractivity contribution in [1.29, 1.82) is 0 Å². The summed E-state index contributed by atoms with van der Waals surface area (Å²) < 4.78 is 13.6. The number of carbonyl (C=O) groups is 2. The van der Waals surface area contributed by atoms with Crippen LogP contribution in [0.1, 0.15) is 23.2 Å². The Morgan fingerprint density at radius 3 is 2.94 bits per heavy atom. The van der Waals surface area contributed by atoms with E-state index in [1.165, 1.54) is 18.2 Å². The largest absolute Gasteiger partial charge is 0.352 e. The predicted octanol–water partition coefficient (Wildman–Crippen LogP) is 1.60. The average Bonchev–Trinajstić information content (AvgIpc) is 2.75. The van der Waals surface area contributed by atoms with Crippen LogP contribution in [0, 0.1) is 5.82 Å². The Morgan fingerprint density at radius 2 is 2.33 bits per heavy atom. The van der Waals surface area contributed by atoms with Crippen molar-refractivity contribution in [3.8, 4) is 0 Å². The number of rotatable bonds is 3. The van der Waals surface area contributed by atoms with Gasteiger partial charge in [-0.25, -0.2) is 4.39 Å². The average molecular weight is 315 g/mol. The van der Waals surface area contributed by atoms with Gasteiger partial charge in [0.05, 0.1) is 4.47 Å². The first-order valence-corrected chi connectivity index (χ1v) is 6.38. The summed E-state index contributed by atoms with van der Waals surface area (Å²) in [6.45, 7) is 0.363. The van der Waals surface area contributed by atoms with Crippen LogP contribution in [0.4, 0.5) is 4.39 Å². The van der Waals surface area contributed by atoms with Gasteiger partial charge in [0.2, 0.25) is 5.91 Å². The fourth-order valence-corrected chi connectivity index (χ4v) is 2.03. The van der Waals surface area contributed by atoms with Gasteiger partial charge in [0, 0.05) is 24.6 Å². The summed E-state index contributed by atoms with van der Waals surface area (Å²) in [6.07, 6.45) is 1.21. The van der Waals surface area contributed by atoms with E-state index >= 15 is 0 Å². The van der Waals surface area contributed by atoms with Gasteiger partial charge in [-0.05, 0) is 40.5 Å². The molecule has 1 aliphatic heterocycles. The molecule has 1 heterocycles. The highest BCUT2D eigenvalue weighted by Crippen LogP contribution is 2.16. The van der Waals surface area contributed by atoms with Gasteiger partial charge in [0.1, 0.15) is 5.82 Å². The molecule has 18 heavy (non-hydrogen) atoms. The molecule has 0 aliphatic carbocycles. The second-order valence-corrected chi connectivity index (χ2v) is 5.00. The third kappa shape index (κ3) is 3.07. The zero-order chi connectivity index (χ0) is 13.1.